The maximum atomic E-state index is 11.7. The summed E-state index contributed by atoms with van der Waals surface area (Å²) in [5.74, 6) is 0.153. The van der Waals surface area contributed by atoms with Crippen molar-refractivity contribution in [2.45, 2.75) is 44.9 Å². The summed E-state index contributed by atoms with van der Waals surface area (Å²) in [7, 11) is 0. The first-order chi connectivity index (χ1) is 9.84. The van der Waals surface area contributed by atoms with E-state index < -0.39 is 0 Å². The molecule has 2 heterocycles. The van der Waals surface area contributed by atoms with Crippen molar-refractivity contribution in [3.8, 4) is 0 Å². The summed E-state index contributed by atoms with van der Waals surface area (Å²) < 4.78 is 0. The molecule has 116 valence electrons. The van der Waals surface area contributed by atoms with E-state index in [0.29, 0.717) is 6.42 Å². The zero-order valence-electron chi connectivity index (χ0n) is 12.6. The van der Waals surface area contributed by atoms with Crippen LogP contribution in [0, 0.1) is 0 Å². The lowest BCUT2D eigenvalue weighted by atomic mass is 10.2. The van der Waals surface area contributed by atoms with Crippen LogP contribution in [0.25, 0.3) is 0 Å². The van der Waals surface area contributed by atoms with Crippen molar-refractivity contribution in [3.63, 3.8) is 0 Å². The van der Waals surface area contributed by atoms with Crippen molar-refractivity contribution < 1.29 is 9.63 Å². The van der Waals surface area contributed by atoms with Crippen molar-refractivity contribution in [2.75, 3.05) is 45.9 Å². The molecular formula is C15H29N3O2. The van der Waals surface area contributed by atoms with Crippen LogP contribution in [-0.2, 0) is 9.63 Å². The van der Waals surface area contributed by atoms with Crippen LogP contribution in [-0.4, -0.2) is 61.7 Å². The van der Waals surface area contributed by atoms with Gasteiger partial charge in [0.2, 0.25) is 5.91 Å². The van der Waals surface area contributed by atoms with Gasteiger partial charge in [0.25, 0.3) is 0 Å². The predicted molar refractivity (Wildman–Crippen MR) is 79.3 cm³/mol. The number of rotatable bonds is 8. The standard InChI is InChI=1S/C15H29N3O2/c19-15(7-13-18-12-5-6-14-20-18)16-8-1-2-9-17-10-3-4-11-17/h1-14H2,(H,16,19). The Morgan fingerprint density at radius 1 is 1.00 bits per heavy atom. The summed E-state index contributed by atoms with van der Waals surface area (Å²) in [5.41, 5.74) is 0. The van der Waals surface area contributed by atoms with Gasteiger partial charge in [0.15, 0.2) is 0 Å². The minimum Gasteiger partial charge on any atom is -0.356 e. The summed E-state index contributed by atoms with van der Waals surface area (Å²) in [4.78, 5) is 19.7. The topological polar surface area (TPSA) is 44.8 Å². The highest BCUT2D eigenvalue weighted by molar-refractivity contribution is 5.75. The van der Waals surface area contributed by atoms with Crippen LogP contribution in [0.4, 0.5) is 0 Å². The molecule has 0 aromatic rings. The Morgan fingerprint density at radius 3 is 2.55 bits per heavy atom. The van der Waals surface area contributed by atoms with Gasteiger partial charge in [-0.15, -0.1) is 0 Å². The molecule has 0 aromatic heterocycles. The minimum absolute atomic E-state index is 0.153. The van der Waals surface area contributed by atoms with E-state index in [1.54, 1.807) is 0 Å². The second kappa shape index (κ2) is 9.32. The van der Waals surface area contributed by atoms with Crippen LogP contribution >= 0.6 is 0 Å². The largest absolute Gasteiger partial charge is 0.356 e. The number of carbonyl (C=O) groups is 1. The van der Waals surface area contributed by atoms with E-state index >= 15 is 0 Å². The summed E-state index contributed by atoms with van der Waals surface area (Å²) in [6.45, 7) is 7.02. The molecule has 0 unspecified atom stereocenters. The highest BCUT2D eigenvalue weighted by Gasteiger charge is 2.12. The highest BCUT2D eigenvalue weighted by Crippen LogP contribution is 2.08. The first-order valence-corrected chi connectivity index (χ1v) is 8.21. The molecule has 1 amide bonds. The minimum atomic E-state index is 0.153. The average molecular weight is 283 g/mol. The van der Waals surface area contributed by atoms with Gasteiger partial charge in [-0.25, -0.2) is 0 Å². The molecule has 2 aliphatic heterocycles. The van der Waals surface area contributed by atoms with Crippen LogP contribution in [0.5, 0.6) is 0 Å². The fraction of sp³-hybridized carbons (Fsp3) is 0.933. The number of unbranched alkanes of at least 4 members (excludes halogenated alkanes) is 1. The highest BCUT2D eigenvalue weighted by atomic mass is 16.7. The number of nitrogens with zero attached hydrogens (tertiary/aromatic N) is 2. The lowest BCUT2D eigenvalue weighted by molar-refractivity contribution is -0.181. The SMILES string of the molecule is O=C(CCN1CCCCO1)NCCCCN1CCCC1. The van der Waals surface area contributed by atoms with E-state index in [1.165, 1.54) is 45.3 Å². The van der Waals surface area contributed by atoms with Crippen LogP contribution in [0.15, 0.2) is 0 Å². The molecule has 5 heteroatoms. The molecule has 0 aliphatic carbocycles. The molecule has 20 heavy (non-hydrogen) atoms. The van der Waals surface area contributed by atoms with E-state index in [4.69, 9.17) is 4.84 Å². The fourth-order valence-electron chi connectivity index (χ4n) is 2.83. The Labute approximate surface area is 122 Å². The molecule has 2 aliphatic rings. The van der Waals surface area contributed by atoms with Gasteiger partial charge in [-0.1, -0.05) is 0 Å². The van der Waals surface area contributed by atoms with Gasteiger partial charge in [0, 0.05) is 26.1 Å². The van der Waals surface area contributed by atoms with Crippen molar-refractivity contribution in [2.24, 2.45) is 0 Å². The number of carbonyl (C=O) groups excluding carboxylic acids is 1. The third-order valence-electron chi connectivity index (χ3n) is 4.09. The molecule has 0 saturated carbocycles. The predicted octanol–water partition coefficient (Wildman–Crippen LogP) is 1.40. The maximum absolute atomic E-state index is 11.7. The second-order valence-corrected chi connectivity index (χ2v) is 5.83. The summed E-state index contributed by atoms with van der Waals surface area (Å²) in [6.07, 6.45) is 7.85. The Morgan fingerprint density at radius 2 is 1.80 bits per heavy atom. The van der Waals surface area contributed by atoms with Gasteiger partial charge in [-0.2, -0.15) is 5.06 Å². The Bertz CT molecular complexity index is 274. The van der Waals surface area contributed by atoms with Gasteiger partial charge in [-0.05, 0) is 58.2 Å². The number of likely N-dealkylation sites (tertiary alicyclic amines) is 1. The molecule has 2 saturated heterocycles. The summed E-state index contributed by atoms with van der Waals surface area (Å²) >= 11 is 0. The first-order valence-electron chi connectivity index (χ1n) is 8.21. The molecule has 0 radical (unpaired) electrons. The van der Waals surface area contributed by atoms with E-state index in [2.05, 4.69) is 10.2 Å². The molecule has 0 atom stereocenters. The van der Waals surface area contributed by atoms with Gasteiger partial charge < -0.3 is 10.2 Å². The molecule has 0 spiro atoms. The Kier molecular flexibility index (Phi) is 7.33. The average Bonchev–Trinajstić information content (AvgIpc) is 2.99. The first kappa shape index (κ1) is 15.7. The molecule has 2 fully saturated rings. The van der Waals surface area contributed by atoms with E-state index in [0.717, 1.165) is 39.1 Å². The van der Waals surface area contributed by atoms with Crippen LogP contribution in [0.3, 0.4) is 0 Å². The lowest BCUT2D eigenvalue weighted by Crippen LogP contribution is -2.34. The van der Waals surface area contributed by atoms with Gasteiger partial charge >= 0.3 is 0 Å². The molecule has 0 aromatic carbocycles. The fourth-order valence-corrected chi connectivity index (χ4v) is 2.83. The number of hydrogen-bond acceptors (Lipinski definition) is 4. The van der Waals surface area contributed by atoms with Gasteiger partial charge in [0.1, 0.15) is 0 Å². The third-order valence-corrected chi connectivity index (χ3v) is 4.09. The van der Waals surface area contributed by atoms with Crippen molar-refractivity contribution in [3.05, 3.63) is 0 Å². The number of hydrogen-bond donors (Lipinski definition) is 1. The summed E-state index contributed by atoms with van der Waals surface area (Å²) in [6, 6.07) is 0. The number of amides is 1. The molecule has 2 rings (SSSR count). The zero-order chi connectivity index (χ0) is 14.0. The van der Waals surface area contributed by atoms with E-state index in [1.807, 2.05) is 5.06 Å². The molecular weight excluding hydrogens is 254 g/mol. The van der Waals surface area contributed by atoms with E-state index in [-0.39, 0.29) is 5.91 Å². The van der Waals surface area contributed by atoms with Crippen molar-refractivity contribution >= 4 is 5.91 Å². The maximum Gasteiger partial charge on any atom is 0.221 e. The quantitative estimate of drug-likeness (QED) is 0.684. The normalized spacial score (nSPS) is 21.2. The van der Waals surface area contributed by atoms with Crippen LogP contribution in [0.2, 0.25) is 0 Å². The molecule has 0 bridgehead atoms. The van der Waals surface area contributed by atoms with Crippen LogP contribution < -0.4 is 5.32 Å². The molecule has 5 nitrogen and oxygen atoms in total. The second-order valence-electron chi connectivity index (χ2n) is 5.83. The Balaban J connectivity index is 1.41. The van der Waals surface area contributed by atoms with E-state index in [9.17, 15) is 4.79 Å². The monoisotopic (exact) mass is 283 g/mol. The number of nitrogens with one attached hydrogen (secondary N) is 1. The summed E-state index contributed by atoms with van der Waals surface area (Å²) in [5, 5.41) is 4.93. The van der Waals surface area contributed by atoms with Gasteiger partial charge in [0.05, 0.1) is 6.61 Å². The Hall–Kier alpha value is -0.650. The van der Waals surface area contributed by atoms with Gasteiger partial charge in [-0.3, -0.25) is 9.63 Å². The lowest BCUT2D eigenvalue weighted by Gasteiger charge is -2.25. The zero-order valence-corrected chi connectivity index (χ0v) is 12.6. The number of hydroxylamine groups is 2. The smallest absolute Gasteiger partial charge is 0.221 e. The van der Waals surface area contributed by atoms with Crippen molar-refractivity contribution in [1.82, 2.24) is 15.3 Å². The van der Waals surface area contributed by atoms with Crippen molar-refractivity contribution in [1.29, 1.82) is 0 Å². The van der Waals surface area contributed by atoms with Crippen LogP contribution in [0.1, 0.15) is 44.9 Å². The third kappa shape index (κ3) is 6.20. The molecule has 1 N–H and O–H groups in total.